The molecule has 0 saturated carbocycles. The van der Waals surface area contributed by atoms with E-state index in [4.69, 9.17) is 0 Å². The molecule has 4 rings (SSSR count). The second-order valence-corrected chi connectivity index (χ2v) is 12.4. The molecule has 0 atom stereocenters. The highest BCUT2D eigenvalue weighted by molar-refractivity contribution is 9.28. The molecule has 0 bridgehead atoms. The predicted octanol–water partition coefficient (Wildman–Crippen LogP) is 10.3. The molecule has 2 N–H and O–H groups in total. The molecule has 36 heavy (non-hydrogen) atoms. The summed E-state index contributed by atoms with van der Waals surface area (Å²) in [5.41, 5.74) is 6.89. The lowest BCUT2D eigenvalue weighted by Crippen LogP contribution is -1.98. The molecule has 0 spiro atoms. The Balaban J connectivity index is 1.89. The number of hydrogen-bond acceptors (Lipinski definition) is 2. The molecule has 180 valence electrons. The van der Waals surface area contributed by atoms with Crippen LogP contribution in [-0.2, 0) is 0 Å². The molecule has 0 saturated heterocycles. The summed E-state index contributed by atoms with van der Waals surface area (Å²) in [6, 6.07) is 26.6. The maximum Gasteiger partial charge on any atom is 0.124 e. The zero-order valence-corrected chi connectivity index (χ0v) is 25.2. The van der Waals surface area contributed by atoms with Gasteiger partial charge in [-0.25, -0.2) is 0 Å². The van der Waals surface area contributed by atoms with Crippen LogP contribution in [0.25, 0.3) is 16.7 Å². The largest absolute Gasteiger partial charge is 0.507 e. The van der Waals surface area contributed by atoms with Crippen molar-refractivity contribution < 1.29 is 10.2 Å². The lowest BCUT2D eigenvalue weighted by molar-refractivity contribution is 0.473. The van der Waals surface area contributed by atoms with Crippen molar-refractivity contribution in [3.05, 3.63) is 144 Å². The Labute approximate surface area is 244 Å². The molecule has 0 radical (unpaired) electrons. The summed E-state index contributed by atoms with van der Waals surface area (Å²) in [4.78, 5) is 0. The zero-order valence-electron chi connectivity index (χ0n) is 18.9. The summed E-state index contributed by atoms with van der Waals surface area (Å²) in [6.45, 7) is 8.47. The minimum Gasteiger partial charge on any atom is -0.507 e. The van der Waals surface area contributed by atoms with Gasteiger partial charge in [-0.15, -0.1) is 0 Å². The van der Waals surface area contributed by atoms with Crippen molar-refractivity contribution in [1.29, 1.82) is 0 Å². The van der Waals surface area contributed by atoms with Gasteiger partial charge in [0.2, 0.25) is 0 Å². The number of aromatic hydroxyl groups is 2. The summed E-state index contributed by atoms with van der Waals surface area (Å²) >= 11 is 14.5. The SMILES string of the molecule is C=C(c1ccccc1)c1cc(C(=C(Br)Br)c2cc(C(=C)c3ccccc3)c(O)cc2Br)c(Br)cc1O. The molecule has 0 unspecified atom stereocenters. The standard InChI is InChI=1S/C30H20Br4O2/c1-17(19-9-5-3-6-10-19)21-13-23(25(31)15-27(21)35)29(30(33)34)24-14-22(28(36)16-26(24)32)18(2)20-11-7-4-8-12-20/h3-16,35-36H,1-2H2. The lowest BCUT2D eigenvalue weighted by atomic mass is 9.90. The van der Waals surface area contributed by atoms with E-state index in [0.717, 1.165) is 27.8 Å². The van der Waals surface area contributed by atoms with Crippen LogP contribution in [0.2, 0.25) is 0 Å². The predicted molar refractivity (Wildman–Crippen MR) is 165 cm³/mol. The minimum absolute atomic E-state index is 0.118. The summed E-state index contributed by atoms with van der Waals surface area (Å²) in [5.74, 6) is 0.236. The number of hydrogen-bond donors (Lipinski definition) is 2. The third-order valence-corrected chi connectivity index (χ3v) is 7.90. The Bertz CT molecular complexity index is 1390. The molecule has 0 aromatic heterocycles. The van der Waals surface area contributed by atoms with Gasteiger partial charge in [-0.3, -0.25) is 0 Å². The van der Waals surface area contributed by atoms with Crippen molar-refractivity contribution in [2.24, 2.45) is 0 Å². The molecule has 4 aromatic carbocycles. The van der Waals surface area contributed by atoms with Gasteiger partial charge in [-0.2, -0.15) is 0 Å². The second-order valence-electron chi connectivity index (χ2n) is 8.02. The van der Waals surface area contributed by atoms with E-state index in [1.54, 1.807) is 12.1 Å². The van der Waals surface area contributed by atoms with Crippen molar-refractivity contribution in [3.63, 3.8) is 0 Å². The van der Waals surface area contributed by atoms with Gasteiger partial charge in [0.25, 0.3) is 0 Å². The molecular weight excluding hydrogens is 712 g/mol. The van der Waals surface area contributed by atoms with E-state index in [-0.39, 0.29) is 11.5 Å². The number of benzene rings is 4. The maximum absolute atomic E-state index is 10.8. The highest BCUT2D eigenvalue weighted by Gasteiger charge is 2.21. The van der Waals surface area contributed by atoms with Crippen molar-refractivity contribution in [2.45, 2.75) is 0 Å². The highest BCUT2D eigenvalue weighted by Crippen LogP contribution is 2.45. The van der Waals surface area contributed by atoms with E-state index < -0.39 is 0 Å². The smallest absolute Gasteiger partial charge is 0.124 e. The Morgan fingerprint density at radius 2 is 0.917 bits per heavy atom. The molecule has 4 aromatic rings. The van der Waals surface area contributed by atoms with Gasteiger partial charge >= 0.3 is 0 Å². The third kappa shape index (κ3) is 5.47. The summed E-state index contributed by atoms with van der Waals surface area (Å²) in [6.07, 6.45) is 0. The van der Waals surface area contributed by atoms with Crippen LogP contribution in [0.5, 0.6) is 11.5 Å². The van der Waals surface area contributed by atoms with Gasteiger partial charge in [-0.05, 0) is 89.5 Å². The lowest BCUT2D eigenvalue weighted by Gasteiger charge is -2.19. The van der Waals surface area contributed by atoms with E-state index in [0.29, 0.717) is 34.6 Å². The first-order chi connectivity index (χ1) is 17.2. The van der Waals surface area contributed by atoms with Crippen LogP contribution >= 0.6 is 63.7 Å². The van der Waals surface area contributed by atoms with Crippen LogP contribution in [0.1, 0.15) is 33.4 Å². The Hall–Kier alpha value is -2.38. The third-order valence-electron chi connectivity index (χ3n) is 5.79. The number of rotatable bonds is 6. The van der Waals surface area contributed by atoms with E-state index in [1.165, 1.54) is 0 Å². The number of phenolic OH excluding ortho intramolecular Hbond substituents is 2. The average molecular weight is 732 g/mol. The van der Waals surface area contributed by atoms with Crippen LogP contribution in [0, 0.1) is 0 Å². The monoisotopic (exact) mass is 728 g/mol. The second kappa shape index (κ2) is 11.3. The number of halogens is 4. The first-order valence-electron chi connectivity index (χ1n) is 10.8. The van der Waals surface area contributed by atoms with Crippen molar-refractivity contribution in [1.82, 2.24) is 0 Å². The van der Waals surface area contributed by atoms with Crippen LogP contribution in [-0.4, -0.2) is 10.2 Å². The molecule has 0 fully saturated rings. The normalized spacial score (nSPS) is 10.7. The fourth-order valence-corrected chi connectivity index (χ4v) is 5.84. The number of phenols is 2. The minimum atomic E-state index is 0.118. The summed E-state index contributed by atoms with van der Waals surface area (Å²) in [7, 11) is 0. The fourth-order valence-electron chi connectivity index (χ4n) is 3.93. The molecule has 2 nitrogen and oxygen atoms in total. The quantitative estimate of drug-likeness (QED) is 0.207. The maximum atomic E-state index is 10.8. The highest BCUT2D eigenvalue weighted by atomic mass is 79.9. The van der Waals surface area contributed by atoms with E-state index in [9.17, 15) is 10.2 Å². The Kier molecular flexibility index (Phi) is 8.41. The van der Waals surface area contributed by atoms with Gasteiger partial charge in [0, 0.05) is 25.6 Å². The van der Waals surface area contributed by atoms with Crippen molar-refractivity contribution in [3.8, 4) is 11.5 Å². The average Bonchev–Trinajstić information content (AvgIpc) is 2.86. The van der Waals surface area contributed by atoms with Gasteiger partial charge in [-0.1, -0.05) is 106 Å². The first-order valence-corrected chi connectivity index (χ1v) is 14.0. The molecule has 0 aliphatic carbocycles. The van der Waals surface area contributed by atoms with Gasteiger partial charge < -0.3 is 10.2 Å². The molecule has 0 heterocycles. The molecule has 0 aliphatic rings. The summed E-state index contributed by atoms with van der Waals surface area (Å²) in [5, 5.41) is 21.6. The van der Waals surface area contributed by atoms with E-state index in [1.807, 2.05) is 72.8 Å². The molecular formula is C30H20Br4O2. The molecule has 0 aliphatic heterocycles. The molecule has 6 heteroatoms. The summed E-state index contributed by atoms with van der Waals surface area (Å²) < 4.78 is 2.08. The van der Waals surface area contributed by atoms with Crippen LogP contribution in [0.4, 0.5) is 0 Å². The van der Waals surface area contributed by atoms with Crippen LogP contribution in [0.3, 0.4) is 0 Å². The van der Waals surface area contributed by atoms with Crippen molar-refractivity contribution >= 4 is 80.4 Å². The zero-order chi connectivity index (χ0) is 26.0. The Morgan fingerprint density at radius 3 is 1.25 bits per heavy atom. The van der Waals surface area contributed by atoms with Gasteiger partial charge in [0.1, 0.15) is 11.5 Å². The van der Waals surface area contributed by atoms with Gasteiger partial charge in [0.15, 0.2) is 0 Å². The van der Waals surface area contributed by atoms with Gasteiger partial charge in [0.05, 0.1) is 3.39 Å². The first kappa shape index (κ1) is 26.7. The van der Waals surface area contributed by atoms with E-state index >= 15 is 0 Å². The van der Waals surface area contributed by atoms with Crippen LogP contribution in [0.15, 0.2) is 110 Å². The van der Waals surface area contributed by atoms with Crippen LogP contribution < -0.4 is 0 Å². The molecule has 0 amide bonds. The Morgan fingerprint density at radius 1 is 0.556 bits per heavy atom. The van der Waals surface area contributed by atoms with Crippen molar-refractivity contribution in [2.75, 3.05) is 0 Å². The van der Waals surface area contributed by atoms with E-state index in [2.05, 4.69) is 76.9 Å². The topological polar surface area (TPSA) is 40.5 Å². The fraction of sp³-hybridized carbons (Fsp3) is 0.